The molecule has 0 aliphatic heterocycles. The number of rotatable bonds is 5. The monoisotopic (exact) mass is 414 g/mol. The van der Waals surface area contributed by atoms with Crippen LogP contribution < -0.4 is 11.1 Å². The Hall–Kier alpha value is -2.41. The number of hydrogen-bond acceptors (Lipinski definition) is 5. The van der Waals surface area contributed by atoms with Crippen molar-refractivity contribution in [3.05, 3.63) is 24.5 Å². The van der Waals surface area contributed by atoms with E-state index in [9.17, 15) is 9.59 Å². The lowest BCUT2D eigenvalue weighted by Gasteiger charge is -2.36. The minimum absolute atomic E-state index is 0.00152. The van der Waals surface area contributed by atoms with Crippen LogP contribution in [0.2, 0.25) is 0 Å². The first-order valence-corrected chi connectivity index (χ1v) is 10.7. The minimum Gasteiger partial charge on any atom is -0.443 e. The summed E-state index contributed by atoms with van der Waals surface area (Å²) < 4.78 is 7.17. The molecular formula is C23H34N4O3. The van der Waals surface area contributed by atoms with Gasteiger partial charge in [0.25, 0.3) is 0 Å². The molecule has 0 unspecified atom stereocenters. The van der Waals surface area contributed by atoms with E-state index in [0.717, 1.165) is 36.8 Å². The molecule has 1 saturated carbocycles. The van der Waals surface area contributed by atoms with E-state index in [1.807, 2.05) is 33.0 Å². The van der Waals surface area contributed by atoms with E-state index in [-0.39, 0.29) is 30.1 Å². The fraction of sp³-hybridized carbons (Fsp3) is 0.609. The van der Waals surface area contributed by atoms with E-state index >= 15 is 0 Å². The standard InChI is InChI=1S/C23H34N4O3/c1-22(2,3)21(29)30-14-27-13-11-17-18(10-12-25-19(17)27)26-20(28)15-6-8-16(9-7-15)23(4,5)24/h10-13,15-16H,6-9,14,24H2,1-5H3,(H,25,26,28). The van der Waals surface area contributed by atoms with Crippen LogP contribution >= 0.6 is 0 Å². The Kier molecular flexibility index (Phi) is 6.22. The molecule has 0 spiro atoms. The fourth-order valence-corrected chi connectivity index (χ4v) is 3.98. The summed E-state index contributed by atoms with van der Waals surface area (Å²) in [6.45, 7) is 9.66. The summed E-state index contributed by atoms with van der Waals surface area (Å²) in [6, 6.07) is 3.69. The Labute approximate surface area is 178 Å². The van der Waals surface area contributed by atoms with Gasteiger partial charge in [0, 0.05) is 29.2 Å². The van der Waals surface area contributed by atoms with Gasteiger partial charge in [-0.05, 0) is 78.4 Å². The molecule has 1 aliphatic carbocycles. The lowest BCUT2D eigenvalue weighted by Crippen LogP contribution is -2.43. The second-order valence-electron chi connectivity index (χ2n) is 10.1. The SMILES string of the molecule is CC(C)(C)C(=O)OCn1ccc2c(NC(=O)C3CCC(C(C)(C)N)CC3)ccnc21. The summed E-state index contributed by atoms with van der Waals surface area (Å²) >= 11 is 0. The Bertz CT molecular complexity index is 913. The second-order valence-corrected chi connectivity index (χ2v) is 10.1. The number of esters is 1. The average molecular weight is 415 g/mol. The summed E-state index contributed by atoms with van der Waals surface area (Å²) in [5, 5.41) is 3.91. The number of nitrogens with zero attached hydrogens (tertiary/aromatic N) is 2. The molecule has 0 bridgehead atoms. The maximum atomic E-state index is 12.9. The molecule has 0 saturated heterocycles. The van der Waals surface area contributed by atoms with E-state index in [0.29, 0.717) is 11.6 Å². The Morgan fingerprint density at radius 2 is 1.83 bits per heavy atom. The quantitative estimate of drug-likeness (QED) is 0.719. The van der Waals surface area contributed by atoms with Crippen LogP contribution in [0.5, 0.6) is 0 Å². The first-order valence-electron chi connectivity index (χ1n) is 10.7. The van der Waals surface area contributed by atoms with Gasteiger partial charge in [0.2, 0.25) is 5.91 Å². The first kappa shape index (κ1) is 22.3. The Balaban J connectivity index is 1.67. The third-order valence-electron chi connectivity index (χ3n) is 6.02. The molecular weight excluding hydrogens is 380 g/mol. The number of anilines is 1. The van der Waals surface area contributed by atoms with E-state index in [4.69, 9.17) is 10.5 Å². The van der Waals surface area contributed by atoms with E-state index in [1.54, 1.807) is 16.8 Å². The van der Waals surface area contributed by atoms with Gasteiger partial charge in [-0.2, -0.15) is 0 Å². The highest BCUT2D eigenvalue weighted by molar-refractivity contribution is 6.01. The zero-order valence-electron chi connectivity index (χ0n) is 18.7. The highest BCUT2D eigenvalue weighted by atomic mass is 16.5. The van der Waals surface area contributed by atoms with Gasteiger partial charge < -0.3 is 15.8 Å². The zero-order valence-corrected chi connectivity index (χ0v) is 18.7. The van der Waals surface area contributed by atoms with Gasteiger partial charge >= 0.3 is 5.97 Å². The molecule has 7 nitrogen and oxygen atoms in total. The maximum absolute atomic E-state index is 12.9. The summed E-state index contributed by atoms with van der Waals surface area (Å²) in [5.41, 5.74) is 6.89. The zero-order chi connectivity index (χ0) is 22.1. The van der Waals surface area contributed by atoms with Crippen LogP contribution in [0.3, 0.4) is 0 Å². The predicted octanol–water partition coefficient (Wildman–Crippen LogP) is 4.07. The van der Waals surface area contributed by atoms with Crippen LogP contribution in [-0.4, -0.2) is 27.0 Å². The van der Waals surface area contributed by atoms with Gasteiger partial charge in [-0.25, -0.2) is 4.98 Å². The summed E-state index contributed by atoms with van der Waals surface area (Å²) in [5.74, 6) is 0.230. The van der Waals surface area contributed by atoms with Gasteiger partial charge in [-0.15, -0.1) is 0 Å². The van der Waals surface area contributed by atoms with Crippen LogP contribution in [0.25, 0.3) is 11.0 Å². The number of carbonyl (C=O) groups excluding carboxylic acids is 2. The molecule has 1 fully saturated rings. The molecule has 0 radical (unpaired) electrons. The van der Waals surface area contributed by atoms with Crippen molar-refractivity contribution in [1.82, 2.24) is 9.55 Å². The van der Waals surface area contributed by atoms with E-state index in [1.165, 1.54) is 0 Å². The topological polar surface area (TPSA) is 99.2 Å². The third-order valence-corrected chi connectivity index (χ3v) is 6.02. The molecule has 1 aliphatic rings. The number of ether oxygens (including phenoxy) is 1. The van der Waals surface area contributed by atoms with Crippen molar-refractivity contribution in [2.24, 2.45) is 23.0 Å². The number of hydrogen-bond donors (Lipinski definition) is 2. The molecule has 2 heterocycles. The molecule has 3 rings (SSSR count). The van der Waals surface area contributed by atoms with Crippen molar-refractivity contribution >= 4 is 28.6 Å². The smallest absolute Gasteiger partial charge is 0.312 e. The minimum atomic E-state index is -0.562. The van der Waals surface area contributed by atoms with Crippen molar-refractivity contribution in [3.8, 4) is 0 Å². The van der Waals surface area contributed by atoms with E-state index in [2.05, 4.69) is 24.1 Å². The average Bonchev–Trinajstić information content (AvgIpc) is 3.09. The van der Waals surface area contributed by atoms with Crippen LogP contribution in [0.15, 0.2) is 24.5 Å². The highest BCUT2D eigenvalue weighted by Gasteiger charge is 2.33. The van der Waals surface area contributed by atoms with Gasteiger partial charge in [0.05, 0.1) is 11.1 Å². The second kappa shape index (κ2) is 8.38. The van der Waals surface area contributed by atoms with Crippen LogP contribution in [0, 0.1) is 17.3 Å². The number of aromatic nitrogens is 2. The van der Waals surface area contributed by atoms with Crippen molar-refractivity contribution in [2.75, 3.05) is 5.32 Å². The van der Waals surface area contributed by atoms with Crippen LogP contribution in [-0.2, 0) is 21.1 Å². The van der Waals surface area contributed by atoms with Gasteiger partial charge in [-0.1, -0.05) is 0 Å². The number of pyridine rings is 1. The predicted molar refractivity (Wildman–Crippen MR) is 118 cm³/mol. The first-order chi connectivity index (χ1) is 14.0. The molecule has 7 heteroatoms. The number of nitrogens with two attached hydrogens (primary N) is 1. The third kappa shape index (κ3) is 5.01. The van der Waals surface area contributed by atoms with Crippen molar-refractivity contribution in [1.29, 1.82) is 0 Å². The number of fused-ring (bicyclic) bond motifs is 1. The van der Waals surface area contributed by atoms with E-state index < -0.39 is 5.41 Å². The van der Waals surface area contributed by atoms with Gasteiger partial charge in [0.1, 0.15) is 5.65 Å². The normalized spacial score (nSPS) is 20.2. The molecule has 164 valence electrons. The number of carbonyl (C=O) groups is 2. The fourth-order valence-electron chi connectivity index (χ4n) is 3.98. The summed E-state index contributed by atoms with van der Waals surface area (Å²) in [6.07, 6.45) is 7.14. The molecule has 0 aromatic carbocycles. The highest BCUT2D eigenvalue weighted by Crippen LogP contribution is 2.35. The summed E-state index contributed by atoms with van der Waals surface area (Å²) in [7, 11) is 0. The molecule has 1 amide bonds. The van der Waals surface area contributed by atoms with Gasteiger partial charge in [0.15, 0.2) is 6.73 Å². The molecule has 30 heavy (non-hydrogen) atoms. The lowest BCUT2D eigenvalue weighted by molar-refractivity contribution is -0.156. The molecule has 3 N–H and O–H groups in total. The Morgan fingerprint density at radius 3 is 2.43 bits per heavy atom. The number of amides is 1. The van der Waals surface area contributed by atoms with Gasteiger partial charge in [-0.3, -0.25) is 14.2 Å². The summed E-state index contributed by atoms with van der Waals surface area (Å²) in [4.78, 5) is 29.3. The lowest BCUT2D eigenvalue weighted by atomic mass is 9.73. The van der Waals surface area contributed by atoms with Crippen molar-refractivity contribution < 1.29 is 14.3 Å². The largest absolute Gasteiger partial charge is 0.443 e. The molecule has 0 atom stereocenters. The van der Waals surface area contributed by atoms with Crippen LogP contribution in [0.4, 0.5) is 5.69 Å². The molecule has 2 aromatic heterocycles. The van der Waals surface area contributed by atoms with Crippen LogP contribution in [0.1, 0.15) is 60.3 Å². The Morgan fingerprint density at radius 1 is 1.17 bits per heavy atom. The van der Waals surface area contributed by atoms with Crippen molar-refractivity contribution in [3.63, 3.8) is 0 Å². The maximum Gasteiger partial charge on any atom is 0.312 e. The van der Waals surface area contributed by atoms with Crippen molar-refractivity contribution in [2.45, 2.75) is 72.6 Å². The number of nitrogens with one attached hydrogen (secondary N) is 1. The molecule has 2 aromatic rings.